The Bertz CT molecular complexity index is 1310. The van der Waals surface area contributed by atoms with Gasteiger partial charge in [0.25, 0.3) is 10.0 Å². The monoisotopic (exact) mass is 503 g/mol. The Morgan fingerprint density at radius 1 is 1.15 bits per heavy atom. The maximum atomic E-state index is 13.5. The van der Waals surface area contributed by atoms with Crippen LogP contribution in [0, 0.1) is 13.8 Å². The molecule has 7 nitrogen and oxygen atoms in total. The first-order valence-electron chi connectivity index (χ1n) is 10.5. The van der Waals surface area contributed by atoms with Crippen LogP contribution in [0.2, 0.25) is 5.02 Å². The van der Waals surface area contributed by atoms with Crippen molar-refractivity contribution in [3.8, 4) is 5.75 Å². The lowest BCUT2D eigenvalue weighted by Gasteiger charge is -2.29. The molecule has 0 saturated heterocycles. The molecule has 9 heteroatoms. The van der Waals surface area contributed by atoms with Crippen molar-refractivity contribution >= 4 is 39.4 Å². The highest BCUT2D eigenvalue weighted by Gasteiger charge is 2.32. The second-order valence-corrected chi connectivity index (χ2v) is 10.2. The van der Waals surface area contributed by atoms with Gasteiger partial charge in [0.15, 0.2) is 0 Å². The second-order valence-electron chi connectivity index (χ2n) is 8.03. The minimum absolute atomic E-state index is 0.151. The van der Waals surface area contributed by atoms with E-state index in [1.54, 1.807) is 70.2 Å². The predicted molar refractivity (Wildman–Crippen MR) is 132 cm³/mol. The Labute approximate surface area is 204 Å². The maximum Gasteiger partial charge on any atom is 0.328 e. The van der Waals surface area contributed by atoms with Crippen LogP contribution in [0.15, 0.2) is 64.1 Å². The molecule has 0 aliphatic heterocycles. The van der Waals surface area contributed by atoms with Gasteiger partial charge < -0.3 is 14.3 Å². The third kappa shape index (κ3) is 5.81. The van der Waals surface area contributed by atoms with Gasteiger partial charge in [0, 0.05) is 23.2 Å². The standard InChI is InChI=1S/C25H26ClNO6S/c1-16(2)27(34(30,31)25-12-5-18(4)33-25)22-13-17(3)21(26)14-23(22)32-15-20-8-6-19(7-9-20)10-11-24(28)29/h5-14,16H,15H2,1-4H3,(H,28,29)/b11-10+. The van der Waals surface area contributed by atoms with Gasteiger partial charge in [0.1, 0.15) is 18.1 Å². The molecular formula is C25H26ClNO6S. The number of carboxylic acids is 1. The number of nitrogens with zero attached hydrogens (tertiary/aromatic N) is 1. The highest BCUT2D eigenvalue weighted by molar-refractivity contribution is 7.92. The Kier molecular flexibility index (Phi) is 7.74. The lowest BCUT2D eigenvalue weighted by atomic mass is 10.1. The molecule has 0 aliphatic carbocycles. The van der Waals surface area contributed by atoms with Gasteiger partial charge in [-0.05, 0) is 68.7 Å². The smallest absolute Gasteiger partial charge is 0.328 e. The van der Waals surface area contributed by atoms with Crippen molar-refractivity contribution in [3.63, 3.8) is 0 Å². The molecule has 0 amide bonds. The molecular weight excluding hydrogens is 478 g/mol. The van der Waals surface area contributed by atoms with Crippen molar-refractivity contribution in [1.29, 1.82) is 0 Å². The fourth-order valence-electron chi connectivity index (χ4n) is 3.32. The molecule has 34 heavy (non-hydrogen) atoms. The maximum absolute atomic E-state index is 13.5. The minimum atomic E-state index is -4.00. The number of anilines is 1. The lowest BCUT2D eigenvalue weighted by Crippen LogP contribution is -2.37. The first-order valence-corrected chi connectivity index (χ1v) is 12.3. The van der Waals surface area contributed by atoms with E-state index in [1.807, 2.05) is 0 Å². The Hall–Kier alpha value is -3.23. The van der Waals surface area contributed by atoms with Crippen molar-refractivity contribution in [2.45, 2.75) is 45.4 Å². The van der Waals surface area contributed by atoms with Gasteiger partial charge in [-0.1, -0.05) is 35.9 Å². The van der Waals surface area contributed by atoms with E-state index in [2.05, 4.69) is 0 Å². The number of benzene rings is 2. The molecule has 0 bridgehead atoms. The van der Waals surface area contributed by atoms with E-state index in [-0.39, 0.29) is 11.7 Å². The van der Waals surface area contributed by atoms with Gasteiger partial charge in [0.05, 0.1) is 5.69 Å². The van der Waals surface area contributed by atoms with Gasteiger partial charge in [-0.2, -0.15) is 8.42 Å². The molecule has 180 valence electrons. The summed E-state index contributed by atoms with van der Waals surface area (Å²) in [5, 5.41) is 9.05. The summed E-state index contributed by atoms with van der Waals surface area (Å²) in [4.78, 5) is 10.7. The number of aryl methyl sites for hydroxylation is 2. The lowest BCUT2D eigenvalue weighted by molar-refractivity contribution is -0.131. The molecule has 0 aliphatic rings. The molecule has 1 heterocycles. The summed E-state index contributed by atoms with van der Waals surface area (Å²) < 4.78 is 39.6. The number of ether oxygens (including phenoxy) is 1. The number of sulfonamides is 1. The van der Waals surface area contributed by atoms with Crippen molar-refractivity contribution in [1.82, 2.24) is 0 Å². The summed E-state index contributed by atoms with van der Waals surface area (Å²) in [6.45, 7) is 7.17. The van der Waals surface area contributed by atoms with E-state index in [0.717, 1.165) is 17.2 Å². The van der Waals surface area contributed by atoms with Crippen LogP contribution in [0.1, 0.15) is 36.3 Å². The highest BCUT2D eigenvalue weighted by Crippen LogP contribution is 2.38. The van der Waals surface area contributed by atoms with Crippen LogP contribution in [0.25, 0.3) is 6.08 Å². The number of halogens is 1. The van der Waals surface area contributed by atoms with Crippen molar-refractivity contribution < 1.29 is 27.5 Å². The molecule has 1 aromatic heterocycles. The zero-order valence-electron chi connectivity index (χ0n) is 19.3. The molecule has 0 fully saturated rings. The average Bonchev–Trinajstić information content (AvgIpc) is 3.21. The molecule has 0 saturated carbocycles. The molecule has 1 N–H and O–H groups in total. The van der Waals surface area contributed by atoms with Crippen LogP contribution in [0.5, 0.6) is 5.75 Å². The molecule has 0 atom stereocenters. The molecule has 0 unspecified atom stereocenters. The van der Waals surface area contributed by atoms with E-state index in [0.29, 0.717) is 27.8 Å². The van der Waals surface area contributed by atoms with Gasteiger partial charge in [0.2, 0.25) is 5.09 Å². The number of aliphatic carboxylic acids is 1. The molecule has 0 radical (unpaired) electrons. The van der Waals surface area contributed by atoms with Crippen molar-refractivity contribution in [2.75, 3.05) is 4.31 Å². The first-order chi connectivity index (χ1) is 16.0. The summed E-state index contributed by atoms with van der Waals surface area (Å²) in [6, 6.07) is 13.0. The average molecular weight is 504 g/mol. The van der Waals surface area contributed by atoms with E-state index in [9.17, 15) is 13.2 Å². The first kappa shape index (κ1) is 25.4. The zero-order chi connectivity index (χ0) is 25.0. The number of carboxylic acid groups (broad SMARTS) is 1. The number of furan rings is 1. The summed E-state index contributed by atoms with van der Waals surface area (Å²) in [7, 11) is -4.00. The predicted octanol–water partition coefficient (Wildman–Crippen LogP) is 5.83. The number of rotatable bonds is 9. The summed E-state index contributed by atoms with van der Waals surface area (Å²) in [5.41, 5.74) is 2.61. The van der Waals surface area contributed by atoms with E-state index < -0.39 is 22.0 Å². The van der Waals surface area contributed by atoms with Crippen LogP contribution < -0.4 is 9.04 Å². The number of hydrogen-bond donors (Lipinski definition) is 1. The number of carbonyl (C=O) groups is 1. The van der Waals surface area contributed by atoms with Crippen molar-refractivity contribution in [3.05, 3.63) is 82.1 Å². The summed E-state index contributed by atoms with van der Waals surface area (Å²) in [5.74, 6) is -0.218. The third-order valence-electron chi connectivity index (χ3n) is 4.97. The molecule has 3 rings (SSSR count). The van der Waals surface area contributed by atoms with E-state index >= 15 is 0 Å². The zero-order valence-corrected chi connectivity index (χ0v) is 20.9. The van der Waals surface area contributed by atoms with Crippen LogP contribution in [-0.4, -0.2) is 25.5 Å². The van der Waals surface area contributed by atoms with E-state index in [1.165, 1.54) is 16.4 Å². The Balaban J connectivity index is 1.95. The fraction of sp³-hybridized carbons (Fsp3) is 0.240. The summed E-state index contributed by atoms with van der Waals surface area (Å²) in [6.07, 6.45) is 2.56. The molecule has 3 aromatic rings. The number of hydrogen-bond acceptors (Lipinski definition) is 5. The van der Waals surface area contributed by atoms with Crippen molar-refractivity contribution in [2.24, 2.45) is 0 Å². The van der Waals surface area contributed by atoms with Crippen LogP contribution in [0.3, 0.4) is 0 Å². The van der Waals surface area contributed by atoms with Crippen LogP contribution >= 0.6 is 11.6 Å². The minimum Gasteiger partial charge on any atom is -0.487 e. The normalized spacial score (nSPS) is 11.8. The second kappa shape index (κ2) is 10.4. The van der Waals surface area contributed by atoms with Gasteiger partial charge >= 0.3 is 5.97 Å². The molecule has 2 aromatic carbocycles. The van der Waals surface area contributed by atoms with E-state index in [4.69, 9.17) is 25.9 Å². The molecule has 0 spiro atoms. The third-order valence-corrected chi connectivity index (χ3v) is 7.24. The largest absolute Gasteiger partial charge is 0.487 e. The Morgan fingerprint density at radius 2 is 1.82 bits per heavy atom. The van der Waals surface area contributed by atoms with Gasteiger partial charge in [-0.3, -0.25) is 4.31 Å². The topological polar surface area (TPSA) is 97.0 Å². The Morgan fingerprint density at radius 3 is 2.38 bits per heavy atom. The SMILES string of the molecule is Cc1ccc(S(=O)(=O)N(c2cc(C)c(Cl)cc2OCc2ccc(/C=C/C(=O)O)cc2)C(C)C)o1. The van der Waals surface area contributed by atoms with Gasteiger partial charge in [-0.15, -0.1) is 0 Å². The van der Waals surface area contributed by atoms with Gasteiger partial charge in [-0.25, -0.2) is 4.79 Å². The van der Waals surface area contributed by atoms with Crippen LogP contribution in [-0.2, 0) is 21.4 Å². The highest BCUT2D eigenvalue weighted by atomic mass is 35.5. The summed E-state index contributed by atoms with van der Waals surface area (Å²) >= 11 is 6.35. The fourth-order valence-corrected chi connectivity index (χ4v) is 5.10. The van der Waals surface area contributed by atoms with Crippen LogP contribution in [0.4, 0.5) is 5.69 Å². The quantitative estimate of drug-likeness (QED) is 0.369.